The Morgan fingerprint density at radius 2 is 1.80 bits per heavy atom. The number of carbonyl (C=O) groups is 1. The SMILES string of the molecule is COCC(=O)N[C@@H](COC)[C@@H](Oc1ccc2c(cnn2-c2ccc(F)cc2)c1)c1cccc(F)c1. The molecule has 35 heavy (non-hydrogen) atoms. The minimum atomic E-state index is -0.754. The second kappa shape index (κ2) is 11.1. The van der Waals surface area contributed by atoms with Gasteiger partial charge in [-0.1, -0.05) is 12.1 Å². The summed E-state index contributed by atoms with van der Waals surface area (Å²) in [6.45, 7) is -0.00794. The molecule has 3 aromatic carbocycles. The third-order valence-electron chi connectivity index (χ3n) is 5.38. The molecule has 182 valence electrons. The number of rotatable bonds is 10. The summed E-state index contributed by atoms with van der Waals surface area (Å²) in [4.78, 5) is 12.3. The van der Waals surface area contributed by atoms with Gasteiger partial charge in [0.1, 0.15) is 30.1 Å². The molecule has 7 nitrogen and oxygen atoms in total. The highest BCUT2D eigenvalue weighted by molar-refractivity contribution is 5.82. The van der Waals surface area contributed by atoms with Crippen LogP contribution in [-0.4, -0.2) is 49.2 Å². The molecule has 2 atom stereocenters. The van der Waals surface area contributed by atoms with Gasteiger partial charge in [0.2, 0.25) is 5.91 Å². The van der Waals surface area contributed by atoms with Crippen molar-refractivity contribution in [2.24, 2.45) is 0 Å². The highest BCUT2D eigenvalue weighted by Gasteiger charge is 2.28. The fraction of sp³-hybridized carbons (Fsp3) is 0.231. The molecule has 0 saturated carbocycles. The first-order valence-corrected chi connectivity index (χ1v) is 10.9. The van der Waals surface area contributed by atoms with Gasteiger partial charge >= 0.3 is 0 Å². The summed E-state index contributed by atoms with van der Waals surface area (Å²) < 4.78 is 45.6. The molecule has 0 bridgehead atoms. The van der Waals surface area contributed by atoms with Gasteiger partial charge in [-0.15, -0.1) is 0 Å². The van der Waals surface area contributed by atoms with Crippen molar-refractivity contribution in [3.63, 3.8) is 0 Å². The smallest absolute Gasteiger partial charge is 0.246 e. The highest BCUT2D eigenvalue weighted by atomic mass is 19.1. The van der Waals surface area contributed by atoms with E-state index in [9.17, 15) is 13.6 Å². The Bertz CT molecular complexity index is 1290. The van der Waals surface area contributed by atoms with Crippen LogP contribution in [0, 0.1) is 11.6 Å². The van der Waals surface area contributed by atoms with Gasteiger partial charge < -0.3 is 19.5 Å². The lowest BCUT2D eigenvalue weighted by molar-refractivity contribution is -0.126. The average Bonchev–Trinajstić information content (AvgIpc) is 3.26. The first-order valence-electron chi connectivity index (χ1n) is 10.9. The van der Waals surface area contributed by atoms with Crippen molar-refractivity contribution < 1.29 is 27.8 Å². The average molecular weight is 481 g/mol. The van der Waals surface area contributed by atoms with Gasteiger partial charge in [-0.25, -0.2) is 13.5 Å². The molecule has 9 heteroatoms. The number of methoxy groups -OCH3 is 2. The van der Waals surface area contributed by atoms with Crippen molar-refractivity contribution >= 4 is 16.8 Å². The van der Waals surface area contributed by atoms with Crippen LogP contribution < -0.4 is 10.1 Å². The van der Waals surface area contributed by atoms with Gasteiger partial charge in [0.15, 0.2) is 0 Å². The van der Waals surface area contributed by atoms with E-state index in [1.165, 1.54) is 38.5 Å². The third-order valence-corrected chi connectivity index (χ3v) is 5.38. The maximum atomic E-state index is 14.1. The van der Waals surface area contributed by atoms with Crippen LogP contribution in [0.4, 0.5) is 8.78 Å². The van der Waals surface area contributed by atoms with Crippen LogP contribution in [0.1, 0.15) is 11.7 Å². The number of benzene rings is 3. The largest absolute Gasteiger partial charge is 0.483 e. The molecular weight excluding hydrogens is 456 g/mol. The van der Waals surface area contributed by atoms with Crippen LogP contribution in [0.3, 0.4) is 0 Å². The number of hydrogen-bond donors (Lipinski definition) is 1. The number of hydrogen-bond acceptors (Lipinski definition) is 5. The standard InChI is InChI=1S/C26H25F2N3O4/c1-33-15-23(30-25(32)16-34-2)26(17-4-3-5-20(28)12-17)35-22-10-11-24-18(13-22)14-29-31(24)21-8-6-19(27)7-9-21/h3-14,23,26H,15-16H2,1-2H3,(H,30,32)/t23-,26-/m0/s1. The highest BCUT2D eigenvalue weighted by Crippen LogP contribution is 2.29. The molecular formula is C26H25F2N3O4. The Hall–Kier alpha value is -3.82. The molecule has 0 spiro atoms. The number of aromatic nitrogens is 2. The molecule has 1 aromatic heterocycles. The summed E-state index contributed by atoms with van der Waals surface area (Å²) in [5.41, 5.74) is 2.05. The fourth-order valence-corrected chi connectivity index (χ4v) is 3.85. The quantitative estimate of drug-likeness (QED) is 0.368. The van der Waals surface area contributed by atoms with E-state index in [1.54, 1.807) is 47.3 Å². The lowest BCUT2D eigenvalue weighted by atomic mass is 10.0. The summed E-state index contributed by atoms with van der Waals surface area (Å²) in [5.74, 6) is -0.609. The zero-order valence-electron chi connectivity index (χ0n) is 19.3. The van der Waals surface area contributed by atoms with Gasteiger partial charge in [0.25, 0.3) is 0 Å². The molecule has 1 heterocycles. The van der Waals surface area contributed by atoms with E-state index in [1.807, 2.05) is 6.07 Å². The fourth-order valence-electron chi connectivity index (χ4n) is 3.85. The second-order valence-corrected chi connectivity index (χ2v) is 7.91. The first kappa shape index (κ1) is 24.3. The maximum Gasteiger partial charge on any atom is 0.246 e. The summed E-state index contributed by atoms with van der Waals surface area (Å²) in [5, 5.41) is 8.04. The van der Waals surface area contributed by atoms with Gasteiger partial charge in [-0.2, -0.15) is 5.10 Å². The summed E-state index contributed by atoms with van der Waals surface area (Å²) >= 11 is 0. The van der Waals surface area contributed by atoms with Crippen LogP contribution in [0.2, 0.25) is 0 Å². The minimum absolute atomic E-state index is 0.126. The van der Waals surface area contributed by atoms with Gasteiger partial charge in [-0.05, 0) is 60.2 Å². The number of carbonyl (C=O) groups excluding carboxylic acids is 1. The van der Waals surface area contributed by atoms with E-state index in [0.717, 1.165) is 10.9 Å². The normalized spacial score (nSPS) is 12.9. The zero-order valence-corrected chi connectivity index (χ0v) is 19.3. The van der Waals surface area contributed by atoms with E-state index in [4.69, 9.17) is 14.2 Å². The van der Waals surface area contributed by atoms with Gasteiger partial charge in [-0.3, -0.25) is 4.79 Å². The molecule has 0 aliphatic rings. The van der Waals surface area contributed by atoms with Crippen LogP contribution in [0.5, 0.6) is 5.75 Å². The molecule has 4 aromatic rings. The van der Waals surface area contributed by atoms with Crippen molar-refractivity contribution in [3.05, 3.63) is 90.1 Å². The van der Waals surface area contributed by atoms with Crippen molar-refractivity contribution in [2.45, 2.75) is 12.1 Å². The minimum Gasteiger partial charge on any atom is -0.483 e. The number of nitrogens with zero attached hydrogens (tertiary/aromatic N) is 2. The summed E-state index contributed by atoms with van der Waals surface area (Å²) in [6, 6.07) is 16.8. The van der Waals surface area contributed by atoms with Crippen LogP contribution >= 0.6 is 0 Å². The Kier molecular flexibility index (Phi) is 7.69. The van der Waals surface area contributed by atoms with Crippen molar-refractivity contribution in [3.8, 4) is 11.4 Å². The van der Waals surface area contributed by atoms with Crippen molar-refractivity contribution in [2.75, 3.05) is 27.4 Å². The molecule has 1 N–H and O–H groups in total. The van der Waals surface area contributed by atoms with Crippen LogP contribution in [-0.2, 0) is 14.3 Å². The number of nitrogens with one attached hydrogen (secondary N) is 1. The Labute approximate surface area is 201 Å². The van der Waals surface area contributed by atoms with E-state index in [-0.39, 0.29) is 24.9 Å². The Morgan fingerprint density at radius 3 is 2.51 bits per heavy atom. The third kappa shape index (κ3) is 5.82. The molecule has 0 aliphatic carbocycles. The van der Waals surface area contributed by atoms with Crippen LogP contribution in [0.15, 0.2) is 72.9 Å². The molecule has 0 unspecified atom stereocenters. The molecule has 0 aliphatic heterocycles. The van der Waals surface area contributed by atoms with Gasteiger partial charge in [0, 0.05) is 19.6 Å². The van der Waals surface area contributed by atoms with E-state index < -0.39 is 18.0 Å². The van der Waals surface area contributed by atoms with E-state index >= 15 is 0 Å². The predicted molar refractivity (Wildman–Crippen MR) is 126 cm³/mol. The number of ether oxygens (including phenoxy) is 3. The molecule has 0 radical (unpaired) electrons. The van der Waals surface area contributed by atoms with Crippen molar-refractivity contribution in [1.29, 1.82) is 0 Å². The van der Waals surface area contributed by atoms with Crippen molar-refractivity contribution in [1.82, 2.24) is 15.1 Å². The van der Waals surface area contributed by atoms with E-state index in [0.29, 0.717) is 17.0 Å². The lowest BCUT2D eigenvalue weighted by Crippen LogP contribution is -2.45. The summed E-state index contributed by atoms with van der Waals surface area (Å²) in [7, 11) is 2.93. The molecule has 0 fully saturated rings. The number of amides is 1. The summed E-state index contributed by atoms with van der Waals surface area (Å²) in [6.07, 6.45) is 0.923. The molecule has 1 amide bonds. The molecule has 0 saturated heterocycles. The van der Waals surface area contributed by atoms with E-state index in [2.05, 4.69) is 10.4 Å². The number of halogens is 2. The molecule has 4 rings (SSSR count). The lowest BCUT2D eigenvalue weighted by Gasteiger charge is -2.29. The topological polar surface area (TPSA) is 74.6 Å². The second-order valence-electron chi connectivity index (χ2n) is 7.91. The van der Waals surface area contributed by atoms with Gasteiger partial charge in [0.05, 0.1) is 30.0 Å². The Morgan fingerprint density at radius 1 is 1.00 bits per heavy atom. The maximum absolute atomic E-state index is 14.1. The van der Waals surface area contributed by atoms with Crippen LogP contribution in [0.25, 0.3) is 16.6 Å². The predicted octanol–water partition coefficient (Wildman–Crippen LogP) is 4.20. The number of fused-ring (bicyclic) bond motifs is 1. The zero-order chi connectivity index (χ0) is 24.8. The Balaban J connectivity index is 1.66. The monoisotopic (exact) mass is 481 g/mol. The first-order chi connectivity index (χ1) is 17.0.